The van der Waals surface area contributed by atoms with Crippen LogP contribution in [0.3, 0.4) is 0 Å². The van der Waals surface area contributed by atoms with E-state index in [-0.39, 0.29) is 0 Å². The lowest BCUT2D eigenvalue weighted by atomic mass is 10.00. The van der Waals surface area contributed by atoms with E-state index in [1.807, 2.05) is 0 Å². The Bertz CT molecular complexity index is 2760. The van der Waals surface area contributed by atoms with E-state index in [2.05, 4.69) is 199 Å². The van der Waals surface area contributed by atoms with Crippen molar-refractivity contribution in [1.82, 2.24) is 4.98 Å². The molecule has 0 N–H and O–H groups in total. The van der Waals surface area contributed by atoms with Crippen molar-refractivity contribution in [2.75, 3.05) is 4.90 Å². The summed E-state index contributed by atoms with van der Waals surface area (Å²) >= 11 is 1.78. The van der Waals surface area contributed by atoms with Crippen molar-refractivity contribution in [2.24, 2.45) is 0 Å². The molecule has 2 nitrogen and oxygen atoms in total. The maximum absolute atomic E-state index is 5.10. The number of anilines is 3. The Hall–Kier alpha value is -6.33. The quantitative estimate of drug-likeness (QED) is 0.166. The summed E-state index contributed by atoms with van der Waals surface area (Å²) in [7, 11) is -2.67. The molecule has 9 aromatic rings. The predicted molar refractivity (Wildman–Crippen MR) is 227 cm³/mol. The van der Waals surface area contributed by atoms with Crippen molar-refractivity contribution < 1.29 is 0 Å². The number of rotatable bonds is 5. The topological polar surface area (TPSA) is 16.1 Å². The number of para-hydroxylation sites is 3. The van der Waals surface area contributed by atoms with Gasteiger partial charge in [-0.25, -0.2) is 4.98 Å². The van der Waals surface area contributed by atoms with E-state index in [0.717, 1.165) is 27.6 Å². The Balaban J connectivity index is 1.09. The molecule has 1 spiro atoms. The van der Waals surface area contributed by atoms with Crippen molar-refractivity contribution in [2.45, 2.75) is 0 Å². The lowest BCUT2D eigenvalue weighted by molar-refractivity contribution is 1.28. The van der Waals surface area contributed by atoms with Crippen molar-refractivity contribution >= 4 is 67.4 Å². The molecule has 0 amide bonds. The van der Waals surface area contributed by atoms with E-state index in [1.54, 1.807) is 11.3 Å². The highest BCUT2D eigenvalue weighted by Crippen LogP contribution is 2.40. The summed E-state index contributed by atoms with van der Waals surface area (Å²) in [6.45, 7) is 0. The van der Waals surface area contributed by atoms with Crippen LogP contribution in [-0.4, -0.2) is 13.1 Å². The summed E-state index contributed by atoms with van der Waals surface area (Å²) in [6.07, 6.45) is 0. The van der Waals surface area contributed by atoms with Crippen molar-refractivity contribution in [3.63, 3.8) is 0 Å². The molecule has 0 aliphatic carbocycles. The fourth-order valence-corrected chi connectivity index (χ4v) is 15.5. The van der Waals surface area contributed by atoms with Gasteiger partial charge in [0.05, 0.1) is 10.2 Å². The summed E-state index contributed by atoms with van der Waals surface area (Å²) in [5.74, 6) is 0. The van der Waals surface area contributed by atoms with E-state index in [9.17, 15) is 0 Å². The maximum Gasteiger partial charge on any atom is 0.182 e. The molecule has 2 aliphatic heterocycles. The molecule has 0 bridgehead atoms. The minimum atomic E-state index is -2.67. The van der Waals surface area contributed by atoms with Crippen LogP contribution in [0.25, 0.3) is 54.2 Å². The second-order valence-electron chi connectivity index (χ2n) is 13.9. The van der Waals surface area contributed by atoms with E-state index in [4.69, 9.17) is 4.98 Å². The van der Waals surface area contributed by atoms with Gasteiger partial charge >= 0.3 is 0 Å². The molecule has 0 saturated heterocycles. The van der Waals surface area contributed by atoms with Crippen LogP contribution in [0.5, 0.6) is 0 Å². The lowest BCUT2D eigenvalue weighted by Gasteiger charge is -2.28. The zero-order valence-electron chi connectivity index (χ0n) is 28.8. The molecular formula is C49H32N2SSi. The van der Waals surface area contributed by atoms with Crippen LogP contribution in [-0.2, 0) is 0 Å². The standard InChI is InChI=1S/C49H32N2SSi/c1-3-13-36(14-4-1)51(37-15-5-2-6-16-37)38-27-23-33(24-28-38)34-25-29-41-39-17-7-11-21-45(39)53(47(41)31-34)46-22-12-8-18-40(46)42-30-26-35(32-48(42)53)49-50-43-19-9-10-20-44(43)52-49/h1-32H. The van der Waals surface area contributed by atoms with E-state index in [0.29, 0.717) is 0 Å². The van der Waals surface area contributed by atoms with Gasteiger partial charge in [0.25, 0.3) is 0 Å². The highest BCUT2D eigenvalue weighted by Gasteiger charge is 2.54. The average molecular weight is 709 g/mol. The molecule has 3 heterocycles. The van der Waals surface area contributed by atoms with Crippen LogP contribution in [0.4, 0.5) is 17.1 Å². The average Bonchev–Trinajstić information content (AvgIpc) is 3.89. The normalized spacial score (nSPS) is 14.9. The van der Waals surface area contributed by atoms with Gasteiger partial charge in [0, 0.05) is 22.6 Å². The van der Waals surface area contributed by atoms with Gasteiger partial charge in [-0.3, -0.25) is 0 Å². The molecule has 0 fully saturated rings. The van der Waals surface area contributed by atoms with Crippen molar-refractivity contribution in [3.8, 4) is 44.0 Å². The summed E-state index contributed by atoms with van der Waals surface area (Å²) in [5.41, 5.74) is 13.6. The highest BCUT2D eigenvalue weighted by atomic mass is 32.1. The molecule has 248 valence electrons. The number of aromatic nitrogens is 1. The van der Waals surface area contributed by atoms with Gasteiger partial charge in [-0.15, -0.1) is 11.3 Å². The van der Waals surface area contributed by atoms with Gasteiger partial charge in [0.1, 0.15) is 5.01 Å². The molecule has 1 aromatic heterocycles. The first-order valence-electron chi connectivity index (χ1n) is 18.1. The third kappa shape index (κ3) is 4.53. The zero-order valence-corrected chi connectivity index (χ0v) is 30.6. The Morgan fingerprint density at radius 3 is 1.47 bits per heavy atom. The molecule has 1 unspecified atom stereocenters. The SMILES string of the molecule is c1ccc(N(c2ccccc2)c2ccc(-c3ccc4c(c3)[Si]3(c5ccccc5-4)c4ccccc4-c4ccc(-c5nc6ccccc6s5)cc43)cc2)cc1. The number of nitrogens with zero attached hydrogens (tertiary/aromatic N) is 2. The largest absolute Gasteiger partial charge is 0.311 e. The number of thiazole rings is 1. The second-order valence-corrected chi connectivity index (χ2v) is 18.6. The first kappa shape index (κ1) is 30.3. The number of benzene rings is 8. The third-order valence-corrected chi connectivity index (χ3v) is 17.1. The third-order valence-electron chi connectivity index (χ3n) is 11.1. The smallest absolute Gasteiger partial charge is 0.182 e. The lowest BCUT2D eigenvalue weighted by Crippen LogP contribution is -2.70. The van der Waals surface area contributed by atoms with Gasteiger partial charge < -0.3 is 4.90 Å². The molecule has 4 heteroatoms. The van der Waals surface area contributed by atoms with Crippen LogP contribution in [0.15, 0.2) is 194 Å². The first-order valence-corrected chi connectivity index (χ1v) is 20.9. The molecule has 8 aromatic carbocycles. The Kier molecular flexibility index (Phi) is 6.78. The molecule has 1 atom stereocenters. The fourth-order valence-electron chi connectivity index (χ4n) is 8.85. The van der Waals surface area contributed by atoms with Crippen LogP contribution in [0.1, 0.15) is 0 Å². The number of hydrogen-bond donors (Lipinski definition) is 0. The Morgan fingerprint density at radius 1 is 0.377 bits per heavy atom. The van der Waals surface area contributed by atoms with Crippen LogP contribution < -0.4 is 25.6 Å². The summed E-state index contributed by atoms with van der Waals surface area (Å²) in [5, 5.41) is 6.99. The fraction of sp³-hybridized carbons (Fsp3) is 0. The predicted octanol–water partition coefficient (Wildman–Crippen LogP) is 10.4. The Labute approximate surface area is 314 Å². The van der Waals surface area contributed by atoms with Crippen molar-refractivity contribution in [1.29, 1.82) is 0 Å². The van der Waals surface area contributed by atoms with Crippen LogP contribution >= 0.6 is 11.3 Å². The first-order chi connectivity index (χ1) is 26.3. The van der Waals surface area contributed by atoms with Gasteiger partial charge in [-0.2, -0.15) is 0 Å². The second kappa shape index (κ2) is 11.9. The minimum Gasteiger partial charge on any atom is -0.311 e. The maximum atomic E-state index is 5.10. The van der Waals surface area contributed by atoms with E-state index >= 15 is 0 Å². The molecule has 2 aliphatic rings. The number of hydrogen-bond acceptors (Lipinski definition) is 3. The van der Waals surface area contributed by atoms with Gasteiger partial charge in [0.15, 0.2) is 8.07 Å². The molecule has 0 radical (unpaired) electrons. The van der Waals surface area contributed by atoms with Gasteiger partial charge in [-0.1, -0.05) is 146 Å². The molecule has 53 heavy (non-hydrogen) atoms. The van der Waals surface area contributed by atoms with Crippen LogP contribution in [0.2, 0.25) is 0 Å². The molecule has 0 saturated carbocycles. The Morgan fingerprint density at radius 2 is 0.849 bits per heavy atom. The van der Waals surface area contributed by atoms with E-state index < -0.39 is 8.07 Å². The van der Waals surface area contributed by atoms with Gasteiger partial charge in [0.2, 0.25) is 0 Å². The monoisotopic (exact) mass is 708 g/mol. The van der Waals surface area contributed by atoms with Crippen molar-refractivity contribution in [3.05, 3.63) is 194 Å². The van der Waals surface area contributed by atoms with Gasteiger partial charge in [-0.05, 0) is 103 Å². The van der Waals surface area contributed by atoms with Crippen LogP contribution in [0, 0.1) is 0 Å². The zero-order chi connectivity index (χ0) is 34.9. The summed E-state index contributed by atoms with van der Waals surface area (Å²) in [6, 6.07) is 71.5. The molecule has 11 rings (SSSR count). The number of fused-ring (bicyclic) bond motifs is 11. The summed E-state index contributed by atoms with van der Waals surface area (Å²) < 4.78 is 1.22. The molecular weight excluding hydrogens is 677 g/mol. The highest BCUT2D eigenvalue weighted by molar-refractivity contribution is 7.24. The van der Waals surface area contributed by atoms with E-state index in [1.165, 1.54) is 64.4 Å². The summed E-state index contributed by atoms with van der Waals surface area (Å²) in [4.78, 5) is 7.42. The minimum absolute atomic E-state index is 1.06.